The fourth-order valence-electron chi connectivity index (χ4n) is 1.67. The fraction of sp³-hybridized carbons (Fsp3) is 0.333. The van der Waals surface area contributed by atoms with Crippen LogP contribution in [0, 0.1) is 9.49 Å². The van der Waals surface area contributed by atoms with Gasteiger partial charge in [-0.3, -0.25) is 0 Å². The Morgan fingerprint density at radius 1 is 1.40 bits per heavy atom. The molecule has 0 aromatic heterocycles. The normalized spacial score (nSPS) is 24.6. The number of hydrogen-bond donors (Lipinski definition) is 1. The van der Waals surface area contributed by atoms with E-state index in [9.17, 15) is 0 Å². The summed E-state index contributed by atoms with van der Waals surface area (Å²) in [5, 5.41) is 0. The Labute approximate surface area is 111 Å². The van der Waals surface area contributed by atoms with Gasteiger partial charge in [0.1, 0.15) is 0 Å². The summed E-state index contributed by atoms with van der Waals surface area (Å²) in [5.74, 6) is 0.634. The third-order valence-corrected chi connectivity index (χ3v) is 3.41. The highest BCUT2D eigenvalue weighted by Crippen LogP contribution is 2.35. The predicted octanol–water partition coefficient (Wildman–Crippen LogP) is 3.46. The lowest BCUT2D eigenvalue weighted by atomic mass is 10.1. The van der Waals surface area contributed by atoms with Crippen LogP contribution in [0.1, 0.15) is 18.9 Å². The van der Waals surface area contributed by atoms with Crippen LogP contribution >= 0.6 is 35.0 Å². The first kappa shape index (κ1) is 13.0. The molecule has 2 atom stereocenters. The summed E-state index contributed by atoms with van der Waals surface area (Å²) in [6.07, 6.45) is 3.40. The molecule has 3 heteroatoms. The predicted molar refractivity (Wildman–Crippen MR) is 76.1 cm³/mol. The number of nitrogens with two attached hydrogens (primary N) is 1. The summed E-state index contributed by atoms with van der Waals surface area (Å²) >= 11 is 2.32. The summed E-state index contributed by atoms with van der Waals surface area (Å²) in [6.45, 7) is 2.18. The number of hydrogen-bond acceptors (Lipinski definition) is 1. The Balaban J connectivity index is 0.00000112. The van der Waals surface area contributed by atoms with Crippen molar-refractivity contribution in [1.82, 2.24) is 0 Å². The Hall–Kier alpha value is -0.0600. The molecule has 1 aromatic rings. The van der Waals surface area contributed by atoms with Crippen molar-refractivity contribution in [3.63, 3.8) is 0 Å². The topological polar surface area (TPSA) is 26.0 Å². The van der Waals surface area contributed by atoms with Crippen molar-refractivity contribution in [2.45, 2.75) is 19.4 Å². The van der Waals surface area contributed by atoms with Crippen molar-refractivity contribution < 1.29 is 0 Å². The van der Waals surface area contributed by atoms with E-state index in [4.69, 9.17) is 5.73 Å². The van der Waals surface area contributed by atoms with E-state index in [0.29, 0.717) is 12.0 Å². The molecule has 15 heavy (non-hydrogen) atoms. The van der Waals surface area contributed by atoms with Gasteiger partial charge < -0.3 is 5.73 Å². The highest BCUT2D eigenvalue weighted by molar-refractivity contribution is 14.1. The van der Waals surface area contributed by atoms with Gasteiger partial charge >= 0.3 is 0 Å². The Morgan fingerprint density at radius 2 is 1.93 bits per heavy atom. The highest BCUT2D eigenvalue weighted by Gasteiger charge is 2.34. The molecular formula is C12H15ClIN. The van der Waals surface area contributed by atoms with Crippen molar-refractivity contribution in [2.24, 2.45) is 11.7 Å². The maximum absolute atomic E-state index is 5.80. The van der Waals surface area contributed by atoms with E-state index in [2.05, 4.69) is 59.9 Å². The second-order valence-corrected chi connectivity index (χ2v) is 5.19. The third kappa shape index (κ3) is 3.47. The lowest BCUT2D eigenvalue weighted by Gasteiger charge is -1.99. The van der Waals surface area contributed by atoms with Crippen LogP contribution in [0.2, 0.25) is 0 Å². The van der Waals surface area contributed by atoms with E-state index in [1.54, 1.807) is 0 Å². The SMILES string of the molecule is CC(=Cc1ccc(I)cc1)C1CC1N.Cl. The van der Waals surface area contributed by atoms with Gasteiger partial charge in [-0.15, -0.1) is 12.4 Å². The van der Waals surface area contributed by atoms with Gasteiger partial charge in [-0.25, -0.2) is 0 Å². The molecule has 0 aliphatic heterocycles. The molecule has 0 amide bonds. The Bertz CT molecular complexity index is 358. The summed E-state index contributed by atoms with van der Waals surface area (Å²) < 4.78 is 1.28. The molecule has 0 bridgehead atoms. The van der Waals surface area contributed by atoms with Gasteiger partial charge in [0.05, 0.1) is 0 Å². The van der Waals surface area contributed by atoms with Crippen LogP contribution in [0.25, 0.3) is 6.08 Å². The Morgan fingerprint density at radius 3 is 2.40 bits per heavy atom. The molecule has 1 fully saturated rings. The summed E-state index contributed by atoms with van der Waals surface area (Å²) in [7, 11) is 0. The van der Waals surface area contributed by atoms with Gasteiger partial charge in [-0.2, -0.15) is 0 Å². The average Bonchev–Trinajstić information content (AvgIpc) is 2.87. The van der Waals surface area contributed by atoms with Crippen LogP contribution < -0.4 is 5.73 Å². The fourth-order valence-corrected chi connectivity index (χ4v) is 2.03. The molecular weight excluding hydrogens is 320 g/mol. The van der Waals surface area contributed by atoms with Gasteiger partial charge in [0.25, 0.3) is 0 Å². The summed E-state index contributed by atoms with van der Waals surface area (Å²) in [5.41, 5.74) is 8.50. The first-order valence-electron chi connectivity index (χ1n) is 4.86. The standard InChI is InChI=1S/C12H14IN.ClH/c1-8(11-7-12(11)14)6-9-2-4-10(13)5-3-9;/h2-6,11-12H,7,14H2,1H3;1H. The lowest BCUT2D eigenvalue weighted by molar-refractivity contribution is 0.924. The lowest BCUT2D eigenvalue weighted by Crippen LogP contribution is -2.02. The second kappa shape index (κ2) is 5.32. The first-order valence-corrected chi connectivity index (χ1v) is 5.94. The molecule has 1 saturated carbocycles. The van der Waals surface area contributed by atoms with E-state index in [1.165, 1.54) is 14.7 Å². The average molecular weight is 336 g/mol. The van der Waals surface area contributed by atoms with E-state index < -0.39 is 0 Å². The molecule has 1 aliphatic carbocycles. The Kier molecular flexibility index (Phi) is 4.62. The molecule has 2 unspecified atom stereocenters. The first-order chi connectivity index (χ1) is 6.66. The van der Waals surface area contributed by atoms with Gasteiger partial charge in [-0.05, 0) is 59.5 Å². The van der Waals surface area contributed by atoms with Crippen LogP contribution in [0.4, 0.5) is 0 Å². The molecule has 0 saturated heterocycles. The van der Waals surface area contributed by atoms with E-state index in [0.717, 1.165) is 6.42 Å². The van der Waals surface area contributed by atoms with Crippen LogP contribution in [0.15, 0.2) is 29.8 Å². The molecule has 1 aliphatic rings. The molecule has 1 nitrogen and oxygen atoms in total. The minimum absolute atomic E-state index is 0. The third-order valence-electron chi connectivity index (χ3n) is 2.69. The minimum atomic E-state index is 0. The van der Waals surface area contributed by atoms with Crippen LogP contribution in [-0.4, -0.2) is 6.04 Å². The molecule has 0 heterocycles. The van der Waals surface area contributed by atoms with E-state index in [-0.39, 0.29) is 12.4 Å². The van der Waals surface area contributed by atoms with Crippen molar-refractivity contribution in [3.8, 4) is 0 Å². The van der Waals surface area contributed by atoms with Gasteiger partial charge in [-0.1, -0.05) is 23.8 Å². The van der Waals surface area contributed by atoms with E-state index >= 15 is 0 Å². The quantitative estimate of drug-likeness (QED) is 0.823. The number of halogens is 2. The van der Waals surface area contributed by atoms with Crippen molar-refractivity contribution in [3.05, 3.63) is 39.0 Å². The zero-order valence-corrected chi connectivity index (χ0v) is 11.6. The molecule has 2 rings (SSSR count). The highest BCUT2D eigenvalue weighted by atomic mass is 127. The zero-order valence-electron chi connectivity index (χ0n) is 8.61. The minimum Gasteiger partial charge on any atom is -0.327 e. The maximum Gasteiger partial charge on any atom is 0.0130 e. The van der Waals surface area contributed by atoms with Crippen molar-refractivity contribution >= 4 is 41.1 Å². The van der Waals surface area contributed by atoms with Crippen molar-refractivity contribution in [2.75, 3.05) is 0 Å². The second-order valence-electron chi connectivity index (χ2n) is 3.95. The molecule has 2 N–H and O–H groups in total. The van der Waals surface area contributed by atoms with E-state index in [1.807, 2.05) is 0 Å². The smallest absolute Gasteiger partial charge is 0.0130 e. The summed E-state index contributed by atoms with van der Waals surface area (Å²) in [4.78, 5) is 0. The zero-order chi connectivity index (χ0) is 10.1. The number of rotatable bonds is 2. The number of benzene rings is 1. The molecule has 0 radical (unpaired) electrons. The summed E-state index contributed by atoms with van der Waals surface area (Å²) in [6, 6.07) is 8.98. The van der Waals surface area contributed by atoms with Gasteiger partial charge in [0, 0.05) is 9.61 Å². The monoisotopic (exact) mass is 335 g/mol. The van der Waals surface area contributed by atoms with Crippen LogP contribution in [-0.2, 0) is 0 Å². The molecule has 82 valence electrons. The van der Waals surface area contributed by atoms with Gasteiger partial charge in [0.15, 0.2) is 0 Å². The van der Waals surface area contributed by atoms with Gasteiger partial charge in [0.2, 0.25) is 0 Å². The largest absolute Gasteiger partial charge is 0.327 e. The molecule has 0 spiro atoms. The maximum atomic E-state index is 5.80. The molecule has 1 aromatic carbocycles. The van der Waals surface area contributed by atoms with Crippen LogP contribution in [0.3, 0.4) is 0 Å². The van der Waals surface area contributed by atoms with Crippen LogP contribution in [0.5, 0.6) is 0 Å². The van der Waals surface area contributed by atoms with Crippen molar-refractivity contribution in [1.29, 1.82) is 0 Å².